The van der Waals surface area contributed by atoms with Crippen LogP contribution >= 0.6 is 0 Å². The lowest BCUT2D eigenvalue weighted by Gasteiger charge is -2.24. The van der Waals surface area contributed by atoms with Gasteiger partial charge in [0, 0.05) is 18.0 Å². The summed E-state index contributed by atoms with van der Waals surface area (Å²) in [6.45, 7) is 6.18. The quantitative estimate of drug-likeness (QED) is 0.501. The Balaban J connectivity index is 2.18. The normalized spacial score (nSPS) is 14.0. The van der Waals surface area contributed by atoms with Gasteiger partial charge in [-0.15, -0.1) is 0 Å². The molecule has 5 nitrogen and oxygen atoms in total. The van der Waals surface area contributed by atoms with Crippen LogP contribution in [0.5, 0.6) is 0 Å². The molecule has 2 aromatic rings. The first-order valence-corrected chi connectivity index (χ1v) is 10.5. The van der Waals surface area contributed by atoms with Crippen molar-refractivity contribution in [1.29, 1.82) is 5.26 Å². The number of nitrogens with zero attached hydrogens (tertiary/aromatic N) is 3. The monoisotopic (exact) mass is 393 g/mol. The second kappa shape index (κ2) is 11.3. The van der Waals surface area contributed by atoms with Gasteiger partial charge in [0.05, 0.1) is 17.9 Å². The number of benzene rings is 1. The van der Waals surface area contributed by atoms with Crippen LogP contribution in [0.2, 0.25) is 0 Å². The maximum Gasteiger partial charge on any atom is 0.312 e. The molecule has 29 heavy (non-hydrogen) atoms. The van der Waals surface area contributed by atoms with Crippen molar-refractivity contribution in [3.8, 4) is 17.5 Å². The van der Waals surface area contributed by atoms with Gasteiger partial charge in [-0.2, -0.15) is 5.26 Å². The topological polar surface area (TPSA) is 86.9 Å². The highest BCUT2D eigenvalue weighted by Crippen LogP contribution is 2.33. The van der Waals surface area contributed by atoms with Gasteiger partial charge in [-0.1, -0.05) is 64.3 Å². The molecule has 1 aromatic heterocycles. The number of carboxylic acids is 1. The summed E-state index contributed by atoms with van der Waals surface area (Å²) in [5.41, 5.74) is 2.62. The van der Waals surface area contributed by atoms with E-state index in [9.17, 15) is 15.2 Å². The zero-order chi connectivity index (χ0) is 21.2. The molecule has 5 heteroatoms. The summed E-state index contributed by atoms with van der Waals surface area (Å²) in [6.07, 6.45) is 10.0. The van der Waals surface area contributed by atoms with E-state index < -0.39 is 17.8 Å². The summed E-state index contributed by atoms with van der Waals surface area (Å²) in [7, 11) is 0. The molecule has 2 rings (SSSR count). The fourth-order valence-corrected chi connectivity index (χ4v) is 3.72. The van der Waals surface area contributed by atoms with Crippen LogP contribution in [0.15, 0.2) is 36.7 Å². The number of carbonyl (C=O) groups is 1. The number of unbranched alkanes of at least 4 members (excludes halogenated alkanes) is 2. The van der Waals surface area contributed by atoms with Crippen LogP contribution < -0.4 is 0 Å². The molecule has 3 unspecified atom stereocenters. The van der Waals surface area contributed by atoms with Crippen molar-refractivity contribution in [3.05, 3.63) is 47.8 Å². The van der Waals surface area contributed by atoms with Crippen LogP contribution in [0.25, 0.3) is 11.4 Å². The minimum Gasteiger partial charge on any atom is -0.481 e. The third-order valence-electron chi connectivity index (χ3n) is 5.43. The summed E-state index contributed by atoms with van der Waals surface area (Å²) in [4.78, 5) is 20.9. The van der Waals surface area contributed by atoms with Crippen LogP contribution in [-0.2, 0) is 11.2 Å². The molecule has 0 saturated carbocycles. The summed E-state index contributed by atoms with van der Waals surface area (Å²) < 4.78 is 0. The Bertz CT molecular complexity index is 810. The van der Waals surface area contributed by atoms with Gasteiger partial charge in [-0.3, -0.25) is 4.79 Å². The molecule has 0 bridgehead atoms. The Morgan fingerprint density at radius 3 is 2.28 bits per heavy atom. The van der Waals surface area contributed by atoms with Crippen molar-refractivity contribution in [2.75, 3.05) is 0 Å². The van der Waals surface area contributed by atoms with Gasteiger partial charge in [0.2, 0.25) is 0 Å². The number of hydrogen-bond donors (Lipinski definition) is 1. The molecule has 1 N–H and O–H groups in total. The summed E-state index contributed by atoms with van der Waals surface area (Å²) in [6, 6.07) is 9.50. The van der Waals surface area contributed by atoms with E-state index in [1.807, 2.05) is 38.4 Å². The van der Waals surface area contributed by atoms with Crippen LogP contribution in [0, 0.1) is 23.2 Å². The van der Waals surface area contributed by atoms with Gasteiger partial charge in [-0.05, 0) is 36.3 Å². The molecule has 0 saturated heterocycles. The zero-order valence-corrected chi connectivity index (χ0v) is 17.6. The van der Waals surface area contributed by atoms with Crippen LogP contribution in [0.1, 0.15) is 69.9 Å². The van der Waals surface area contributed by atoms with Gasteiger partial charge >= 0.3 is 5.97 Å². The van der Waals surface area contributed by atoms with Gasteiger partial charge in [0.25, 0.3) is 0 Å². The molecule has 154 valence electrons. The van der Waals surface area contributed by atoms with Crippen LogP contribution in [0.3, 0.4) is 0 Å². The molecule has 0 aliphatic carbocycles. The second-order valence-electron chi connectivity index (χ2n) is 7.73. The molecule has 0 aliphatic rings. The first-order chi connectivity index (χ1) is 14.0. The second-order valence-corrected chi connectivity index (χ2v) is 7.73. The fourth-order valence-electron chi connectivity index (χ4n) is 3.72. The third kappa shape index (κ3) is 6.12. The van der Waals surface area contributed by atoms with Crippen molar-refractivity contribution in [2.24, 2.45) is 11.8 Å². The summed E-state index contributed by atoms with van der Waals surface area (Å²) in [5.74, 6) is -1.71. The smallest absolute Gasteiger partial charge is 0.312 e. The SMILES string of the molecule is CCCCCc1cnc(-c2ccc(C(C(=O)O)C(C#N)C(C)CCC)cc2)nc1. The Hall–Kier alpha value is -2.74. The number of hydrogen-bond acceptors (Lipinski definition) is 4. The van der Waals surface area contributed by atoms with Crippen molar-refractivity contribution in [3.63, 3.8) is 0 Å². The molecule has 0 radical (unpaired) electrons. The van der Waals surface area contributed by atoms with Crippen molar-refractivity contribution in [2.45, 2.75) is 65.2 Å². The molecule has 1 heterocycles. The fraction of sp³-hybridized carbons (Fsp3) is 0.500. The lowest BCUT2D eigenvalue weighted by Crippen LogP contribution is -2.25. The first kappa shape index (κ1) is 22.5. The van der Waals surface area contributed by atoms with Crippen molar-refractivity contribution >= 4 is 5.97 Å². The van der Waals surface area contributed by atoms with E-state index in [0.29, 0.717) is 11.4 Å². The van der Waals surface area contributed by atoms with Crippen molar-refractivity contribution in [1.82, 2.24) is 9.97 Å². The van der Waals surface area contributed by atoms with E-state index in [1.165, 1.54) is 12.8 Å². The number of carboxylic acid groups (broad SMARTS) is 1. The lowest BCUT2D eigenvalue weighted by molar-refractivity contribution is -0.140. The molecule has 0 fully saturated rings. The summed E-state index contributed by atoms with van der Waals surface area (Å²) in [5, 5.41) is 19.4. The number of aromatic nitrogens is 2. The standard InChI is InChI=1S/C24H31N3O2/c1-4-6-7-9-18-15-26-23(27-16-18)20-12-10-19(11-13-20)22(24(28)29)21(14-25)17(3)8-5-2/h10-13,15-17,21-22H,4-9H2,1-3H3,(H,28,29). The molecule has 3 atom stereocenters. The van der Waals surface area contributed by atoms with Gasteiger partial charge in [0.15, 0.2) is 5.82 Å². The Morgan fingerprint density at radius 2 is 1.76 bits per heavy atom. The predicted octanol–water partition coefficient (Wildman–Crippen LogP) is 5.62. The molecule has 0 amide bonds. The van der Waals surface area contributed by atoms with Crippen LogP contribution in [0.4, 0.5) is 0 Å². The predicted molar refractivity (Wildman–Crippen MR) is 114 cm³/mol. The number of aryl methyl sites for hydroxylation is 1. The van der Waals surface area contributed by atoms with E-state index in [0.717, 1.165) is 36.8 Å². The third-order valence-corrected chi connectivity index (χ3v) is 5.43. The number of rotatable bonds is 11. The molecule has 0 spiro atoms. The van der Waals surface area contributed by atoms with E-state index in [4.69, 9.17) is 0 Å². The Morgan fingerprint density at radius 1 is 1.10 bits per heavy atom. The van der Waals surface area contributed by atoms with Gasteiger partial charge < -0.3 is 5.11 Å². The number of aliphatic carboxylic acids is 1. The van der Waals surface area contributed by atoms with E-state index in [1.54, 1.807) is 12.1 Å². The molecule has 1 aromatic carbocycles. The van der Waals surface area contributed by atoms with Crippen molar-refractivity contribution < 1.29 is 9.90 Å². The highest BCUT2D eigenvalue weighted by molar-refractivity contribution is 5.77. The Labute approximate surface area is 173 Å². The average molecular weight is 394 g/mol. The summed E-state index contributed by atoms with van der Waals surface area (Å²) >= 11 is 0. The van der Waals surface area contributed by atoms with E-state index >= 15 is 0 Å². The molecular weight excluding hydrogens is 362 g/mol. The zero-order valence-electron chi connectivity index (χ0n) is 17.6. The minimum absolute atomic E-state index is 0.0226. The maximum absolute atomic E-state index is 11.9. The Kier molecular flexibility index (Phi) is 8.79. The van der Waals surface area contributed by atoms with E-state index in [2.05, 4.69) is 23.0 Å². The van der Waals surface area contributed by atoms with Gasteiger partial charge in [0.1, 0.15) is 0 Å². The first-order valence-electron chi connectivity index (χ1n) is 10.5. The van der Waals surface area contributed by atoms with E-state index in [-0.39, 0.29) is 5.92 Å². The molecular formula is C24H31N3O2. The average Bonchev–Trinajstić information content (AvgIpc) is 2.72. The number of nitriles is 1. The highest BCUT2D eigenvalue weighted by atomic mass is 16.4. The van der Waals surface area contributed by atoms with Crippen LogP contribution in [-0.4, -0.2) is 21.0 Å². The lowest BCUT2D eigenvalue weighted by atomic mass is 9.77. The highest BCUT2D eigenvalue weighted by Gasteiger charge is 2.33. The maximum atomic E-state index is 11.9. The van der Waals surface area contributed by atoms with Gasteiger partial charge in [-0.25, -0.2) is 9.97 Å². The largest absolute Gasteiger partial charge is 0.481 e. The molecule has 0 aliphatic heterocycles. The minimum atomic E-state index is -0.958.